The van der Waals surface area contributed by atoms with Gasteiger partial charge in [0.05, 0.1) is 15.2 Å². The molecule has 0 aliphatic heterocycles. The number of nitrogens with one attached hydrogen (secondary N) is 1. The minimum Gasteiger partial charge on any atom is -0.348 e. The fourth-order valence-electron chi connectivity index (χ4n) is 1.21. The maximum Gasteiger partial charge on any atom is 0.223 e. The molecular formula is C10H10BrNO2S. The lowest BCUT2D eigenvalue weighted by Gasteiger charge is -2.01. The van der Waals surface area contributed by atoms with Crippen LogP contribution in [0.3, 0.4) is 0 Å². The molecule has 0 unspecified atom stereocenters. The van der Waals surface area contributed by atoms with Gasteiger partial charge in [-0.2, -0.15) is 0 Å². The first-order valence-electron chi connectivity index (χ1n) is 4.73. The number of Topliss-reactive ketones (excluding diaryl/α,β-unsaturated/α-hetero) is 1. The van der Waals surface area contributed by atoms with Crippen LogP contribution in [0.1, 0.15) is 22.5 Å². The highest BCUT2D eigenvalue weighted by Crippen LogP contribution is 2.28. The standard InChI is InChI=1S/C10H10BrNO2S/c11-9-4-3-8(15-9)7(13)5-12-10(14)6-1-2-6/h3-4,6H,1-2,5H2,(H,12,14). The zero-order chi connectivity index (χ0) is 10.8. The SMILES string of the molecule is O=C(CNC(=O)C1CC1)c1ccc(Br)s1. The van der Waals surface area contributed by atoms with Crippen molar-refractivity contribution in [1.82, 2.24) is 5.32 Å². The van der Waals surface area contributed by atoms with Crippen LogP contribution in [0.25, 0.3) is 0 Å². The Balaban J connectivity index is 1.84. The van der Waals surface area contributed by atoms with Crippen molar-refractivity contribution in [3.8, 4) is 0 Å². The first kappa shape index (κ1) is 10.8. The Hall–Kier alpha value is -0.680. The summed E-state index contributed by atoms with van der Waals surface area (Å²) < 4.78 is 0.930. The minimum atomic E-state index is -0.0281. The molecule has 5 heteroatoms. The van der Waals surface area contributed by atoms with E-state index in [4.69, 9.17) is 0 Å². The highest BCUT2D eigenvalue weighted by Gasteiger charge is 2.29. The summed E-state index contributed by atoms with van der Waals surface area (Å²) in [6.45, 7) is 0.113. The van der Waals surface area contributed by atoms with E-state index in [1.54, 1.807) is 6.07 Å². The van der Waals surface area contributed by atoms with Gasteiger partial charge in [-0.25, -0.2) is 0 Å². The minimum absolute atomic E-state index is 0.0129. The number of thiophene rings is 1. The molecule has 0 spiro atoms. The van der Waals surface area contributed by atoms with E-state index >= 15 is 0 Å². The van der Waals surface area contributed by atoms with Gasteiger partial charge < -0.3 is 5.32 Å². The molecule has 1 aromatic heterocycles. The second kappa shape index (κ2) is 4.45. The first-order valence-corrected chi connectivity index (χ1v) is 6.34. The second-order valence-electron chi connectivity index (χ2n) is 3.52. The molecule has 1 saturated carbocycles. The van der Waals surface area contributed by atoms with E-state index in [0.717, 1.165) is 16.6 Å². The van der Waals surface area contributed by atoms with E-state index in [1.165, 1.54) is 11.3 Å². The van der Waals surface area contributed by atoms with Crippen LogP contribution in [0.4, 0.5) is 0 Å². The van der Waals surface area contributed by atoms with Crippen LogP contribution in [0.5, 0.6) is 0 Å². The van der Waals surface area contributed by atoms with Crippen LogP contribution < -0.4 is 5.32 Å². The first-order chi connectivity index (χ1) is 7.16. The molecular weight excluding hydrogens is 278 g/mol. The van der Waals surface area contributed by atoms with Crippen molar-refractivity contribution in [2.45, 2.75) is 12.8 Å². The molecule has 3 nitrogen and oxygen atoms in total. The quantitative estimate of drug-likeness (QED) is 0.863. The molecule has 0 bridgehead atoms. The van der Waals surface area contributed by atoms with Gasteiger partial charge in [-0.3, -0.25) is 9.59 Å². The summed E-state index contributed by atoms with van der Waals surface area (Å²) in [5, 5.41) is 2.65. The molecule has 0 atom stereocenters. The summed E-state index contributed by atoms with van der Waals surface area (Å²) in [6.07, 6.45) is 1.93. The maximum atomic E-state index is 11.6. The van der Waals surface area contributed by atoms with Crippen LogP contribution in [-0.4, -0.2) is 18.2 Å². The van der Waals surface area contributed by atoms with Gasteiger partial charge in [0.15, 0.2) is 5.78 Å². The molecule has 1 aliphatic carbocycles. The lowest BCUT2D eigenvalue weighted by atomic mass is 10.3. The van der Waals surface area contributed by atoms with Crippen molar-refractivity contribution in [3.63, 3.8) is 0 Å². The number of ketones is 1. The Kier molecular flexibility index (Phi) is 3.21. The molecule has 0 saturated heterocycles. The second-order valence-corrected chi connectivity index (χ2v) is 5.98. The molecule has 80 valence electrons. The summed E-state index contributed by atoms with van der Waals surface area (Å²) in [4.78, 5) is 23.5. The molecule has 2 rings (SSSR count). The van der Waals surface area contributed by atoms with Gasteiger partial charge in [-0.1, -0.05) is 0 Å². The summed E-state index contributed by atoms with van der Waals surface area (Å²) in [6, 6.07) is 3.60. The third kappa shape index (κ3) is 2.89. The third-order valence-electron chi connectivity index (χ3n) is 2.22. The average molecular weight is 288 g/mol. The summed E-state index contributed by atoms with van der Waals surface area (Å²) in [5.74, 6) is 0.145. The van der Waals surface area contributed by atoms with Gasteiger partial charge in [-0.15, -0.1) is 11.3 Å². The molecule has 1 aromatic rings. The predicted octanol–water partition coefficient (Wildman–Crippen LogP) is 2.22. The summed E-state index contributed by atoms with van der Waals surface area (Å²) in [7, 11) is 0. The number of hydrogen-bond acceptors (Lipinski definition) is 3. The third-order valence-corrected chi connectivity index (χ3v) is 3.88. The van der Waals surface area contributed by atoms with Crippen molar-refractivity contribution in [2.24, 2.45) is 5.92 Å². The van der Waals surface area contributed by atoms with Crippen molar-refractivity contribution < 1.29 is 9.59 Å². The van der Waals surface area contributed by atoms with E-state index in [0.29, 0.717) is 4.88 Å². The fourth-order valence-corrected chi connectivity index (χ4v) is 2.53. The van der Waals surface area contributed by atoms with Crippen molar-refractivity contribution in [1.29, 1.82) is 0 Å². The van der Waals surface area contributed by atoms with Gasteiger partial charge in [0.1, 0.15) is 0 Å². The van der Waals surface area contributed by atoms with Crippen molar-refractivity contribution in [2.75, 3.05) is 6.54 Å². The Morgan fingerprint density at radius 2 is 2.20 bits per heavy atom. The van der Waals surface area contributed by atoms with Crippen LogP contribution in [0.2, 0.25) is 0 Å². The molecule has 0 aromatic carbocycles. The highest BCUT2D eigenvalue weighted by molar-refractivity contribution is 9.11. The number of hydrogen-bond donors (Lipinski definition) is 1. The van der Waals surface area contributed by atoms with Gasteiger partial charge in [0, 0.05) is 5.92 Å². The van der Waals surface area contributed by atoms with Crippen LogP contribution in [0.15, 0.2) is 15.9 Å². The average Bonchev–Trinajstić information content (AvgIpc) is 2.97. The smallest absolute Gasteiger partial charge is 0.223 e. The van der Waals surface area contributed by atoms with E-state index < -0.39 is 0 Å². The largest absolute Gasteiger partial charge is 0.348 e. The molecule has 1 N–H and O–H groups in total. The zero-order valence-electron chi connectivity index (χ0n) is 7.96. The van der Waals surface area contributed by atoms with E-state index in [-0.39, 0.29) is 24.2 Å². The van der Waals surface area contributed by atoms with Crippen molar-refractivity contribution in [3.05, 3.63) is 20.8 Å². The van der Waals surface area contributed by atoms with E-state index in [1.807, 2.05) is 6.07 Å². The number of carbonyl (C=O) groups is 2. The monoisotopic (exact) mass is 287 g/mol. The summed E-state index contributed by atoms with van der Waals surface area (Å²) >= 11 is 4.68. The van der Waals surface area contributed by atoms with E-state index in [9.17, 15) is 9.59 Å². The number of rotatable bonds is 4. The van der Waals surface area contributed by atoms with Gasteiger partial charge in [0.25, 0.3) is 0 Å². The molecule has 0 radical (unpaired) electrons. The van der Waals surface area contributed by atoms with E-state index in [2.05, 4.69) is 21.2 Å². The zero-order valence-corrected chi connectivity index (χ0v) is 10.4. The van der Waals surface area contributed by atoms with Gasteiger partial charge >= 0.3 is 0 Å². The predicted molar refractivity (Wildman–Crippen MR) is 62.1 cm³/mol. The molecule has 1 amide bonds. The maximum absolute atomic E-state index is 11.6. The Morgan fingerprint density at radius 1 is 1.47 bits per heavy atom. The lowest BCUT2D eigenvalue weighted by molar-refractivity contribution is -0.122. The van der Waals surface area contributed by atoms with Gasteiger partial charge in [-0.05, 0) is 40.9 Å². The molecule has 1 fully saturated rings. The number of carbonyl (C=O) groups excluding carboxylic acids is 2. The Morgan fingerprint density at radius 3 is 2.73 bits per heavy atom. The topological polar surface area (TPSA) is 46.2 Å². The highest BCUT2D eigenvalue weighted by atomic mass is 79.9. The molecule has 15 heavy (non-hydrogen) atoms. The summed E-state index contributed by atoms with van der Waals surface area (Å²) in [5.41, 5.74) is 0. The van der Waals surface area contributed by atoms with Crippen LogP contribution in [-0.2, 0) is 4.79 Å². The van der Waals surface area contributed by atoms with Crippen molar-refractivity contribution >= 4 is 39.0 Å². The number of amides is 1. The normalized spacial score (nSPS) is 15.0. The molecule has 1 heterocycles. The van der Waals surface area contributed by atoms with Crippen LogP contribution >= 0.6 is 27.3 Å². The van der Waals surface area contributed by atoms with Gasteiger partial charge in [0.2, 0.25) is 5.91 Å². The Labute approximate surface area is 100.0 Å². The number of halogens is 1. The molecule has 1 aliphatic rings. The fraction of sp³-hybridized carbons (Fsp3) is 0.400. The van der Waals surface area contributed by atoms with Crippen LogP contribution in [0, 0.1) is 5.92 Å². The Bertz CT molecular complexity index is 398. The lowest BCUT2D eigenvalue weighted by Crippen LogP contribution is -2.30.